The van der Waals surface area contributed by atoms with Gasteiger partial charge >= 0.3 is 0 Å². The third-order valence-corrected chi connectivity index (χ3v) is 2.20. The van der Waals surface area contributed by atoms with E-state index in [1.165, 1.54) is 0 Å². The smallest absolute Gasteiger partial charge is 0.110 e. The van der Waals surface area contributed by atoms with Crippen LogP contribution in [0.3, 0.4) is 0 Å². The summed E-state index contributed by atoms with van der Waals surface area (Å²) in [5.41, 5.74) is 1.71. The zero-order chi connectivity index (χ0) is 10.7. The van der Waals surface area contributed by atoms with Gasteiger partial charge in [-0.15, -0.1) is 0 Å². The number of aromatic nitrogens is 2. The molecule has 1 rings (SSSR count). The molecule has 1 aromatic rings. The fraction of sp³-hybridized carbons (Fsp3) is 0.700. The van der Waals surface area contributed by atoms with E-state index in [1.54, 1.807) is 0 Å². The number of aliphatic hydroxyl groups excluding tert-OH is 1. The fourth-order valence-corrected chi connectivity index (χ4v) is 1.39. The molecule has 0 radical (unpaired) electrons. The molecule has 0 spiro atoms. The van der Waals surface area contributed by atoms with E-state index in [2.05, 4.69) is 29.1 Å². The Bertz CT molecular complexity index is 294. The standard InChI is InChI=1S/C10H19N3O/c1-6(2)10-12-7(3)9(13-10)8(14)5-11-4/h6,8,11,14H,5H2,1-4H3,(H,12,13). The SMILES string of the molecule is CNCC(O)c1nc(C(C)C)[nH]c1C. The summed E-state index contributed by atoms with van der Waals surface area (Å²) >= 11 is 0. The summed E-state index contributed by atoms with van der Waals surface area (Å²) in [4.78, 5) is 7.57. The molecule has 0 aliphatic carbocycles. The minimum atomic E-state index is -0.524. The minimum Gasteiger partial charge on any atom is -0.385 e. The molecule has 1 unspecified atom stereocenters. The van der Waals surface area contributed by atoms with E-state index in [0.717, 1.165) is 17.2 Å². The highest BCUT2D eigenvalue weighted by Crippen LogP contribution is 2.18. The molecular formula is C10H19N3O. The van der Waals surface area contributed by atoms with E-state index in [9.17, 15) is 5.11 Å². The summed E-state index contributed by atoms with van der Waals surface area (Å²) in [6.45, 7) is 6.62. The van der Waals surface area contributed by atoms with Gasteiger partial charge in [0, 0.05) is 18.2 Å². The van der Waals surface area contributed by atoms with Crippen LogP contribution >= 0.6 is 0 Å². The Labute approximate surface area is 84.8 Å². The van der Waals surface area contributed by atoms with Crippen LogP contribution in [0.2, 0.25) is 0 Å². The van der Waals surface area contributed by atoms with Crippen LogP contribution in [0.1, 0.15) is 43.1 Å². The number of nitrogens with zero attached hydrogens (tertiary/aromatic N) is 1. The van der Waals surface area contributed by atoms with Crippen molar-refractivity contribution in [2.75, 3.05) is 13.6 Å². The Morgan fingerprint density at radius 3 is 2.57 bits per heavy atom. The molecule has 3 N–H and O–H groups in total. The first-order chi connectivity index (χ1) is 6.56. The van der Waals surface area contributed by atoms with Crippen LogP contribution in [-0.4, -0.2) is 28.7 Å². The number of aryl methyl sites for hydroxylation is 1. The highest BCUT2D eigenvalue weighted by atomic mass is 16.3. The largest absolute Gasteiger partial charge is 0.385 e. The number of imidazole rings is 1. The van der Waals surface area contributed by atoms with E-state index in [0.29, 0.717) is 12.5 Å². The second-order valence-corrected chi connectivity index (χ2v) is 3.86. The summed E-state index contributed by atoms with van der Waals surface area (Å²) < 4.78 is 0. The second kappa shape index (κ2) is 4.57. The molecular weight excluding hydrogens is 178 g/mol. The molecule has 0 aliphatic rings. The van der Waals surface area contributed by atoms with Gasteiger partial charge in [-0.3, -0.25) is 0 Å². The summed E-state index contributed by atoms with van der Waals surface area (Å²) in [6, 6.07) is 0. The predicted molar refractivity (Wildman–Crippen MR) is 56.3 cm³/mol. The van der Waals surface area contributed by atoms with E-state index in [4.69, 9.17) is 0 Å². The van der Waals surface area contributed by atoms with Gasteiger partial charge in [0.25, 0.3) is 0 Å². The average Bonchev–Trinajstić information content (AvgIpc) is 2.48. The van der Waals surface area contributed by atoms with Gasteiger partial charge < -0.3 is 15.4 Å². The highest BCUT2D eigenvalue weighted by molar-refractivity contribution is 5.17. The van der Waals surface area contributed by atoms with Crippen molar-refractivity contribution in [3.63, 3.8) is 0 Å². The highest BCUT2D eigenvalue weighted by Gasteiger charge is 2.15. The van der Waals surface area contributed by atoms with Gasteiger partial charge in [0.1, 0.15) is 11.9 Å². The summed E-state index contributed by atoms with van der Waals surface area (Å²) in [5, 5.41) is 12.7. The topological polar surface area (TPSA) is 60.9 Å². The molecule has 1 aromatic heterocycles. The van der Waals surface area contributed by atoms with E-state index < -0.39 is 6.10 Å². The van der Waals surface area contributed by atoms with Crippen LogP contribution in [0, 0.1) is 6.92 Å². The van der Waals surface area contributed by atoms with Crippen LogP contribution in [0.15, 0.2) is 0 Å². The summed E-state index contributed by atoms with van der Waals surface area (Å²) in [7, 11) is 1.81. The Hall–Kier alpha value is -0.870. The molecule has 1 heterocycles. The van der Waals surface area contributed by atoms with Gasteiger partial charge in [-0.25, -0.2) is 4.98 Å². The lowest BCUT2D eigenvalue weighted by atomic mass is 10.2. The maximum atomic E-state index is 9.75. The quantitative estimate of drug-likeness (QED) is 0.677. The summed E-state index contributed by atoms with van der Waals surface area (Å²) in [5.74, 6) is 1.30. The van der Waals surface area contributed by atoms with Gasteiger partial charge in [-0.1, -0.05) is 13.8 Å². The number of nitrogens with one attached hydrogen (secondary N) is 2. The second-order valence-electron chi connectivity index (χ2n) is 3.86. The third-order valence-electron chi connectivity index (χ3n) is 2.20. The number of H-pyrrole nitrogens is 1. The van der Waals surface area contributed by atoms with E-state index >= 15 is 0 Å². The van der Waals surface area contributed by atoms with Gasteiger partial charge in [0.05, 0.1) is 5.69 Å². The predicted octanol–water partition coefficient (Wildman–Crippen LogP) is 1.09. The lowest BCUT2D eigenvalue weighted by molar-refractivity contribution is 0.172. The van der Waals surface area contributed by atoms with Crippen molar-refractivity contribution in [3.8, 4) is 0 Å². The Morgan fingerprint density at radius 1 is 1.50 bits per heavy atom. The molecule has 0 saturated carbocycles. The van der Waals surface area contributed by atoms with E-state index in [1.807, 2.05) is 14.0 Å². The maximum absolute atomic E-state index is 9.75. The normalized spacial score (nSPS) is 13.6. The zero-order valence-corrected chi connectivity index (χ0v) is 9.26. The van der Waals surface area contributed by atoms with Gasteiger partial charge in [-0.05, 0) is 14.0 Å². The van der Waals surface area contributed by atoms with Crippen LogP contribution in [0.4, 0.5) is 0 Å². The first-order valence-electron chi connectivity index (χ1n) is 4.95. The number of hydrogen-bond donors (Lipinski definition) is 3. The zero-order valence-electron chi connectivity index (χ0n) is 9.26. The molecule has 80 valence electrons. The maximum Gasteiger partial charge on any atom is 0.110 e. The van der Waals surface area contributed by atoms with Crippen molar-refractivity contribution in [2.45, 2.75) is 32.8 Å². The number of rotatable bonds is 4. The molecule has 0 bridgehead atoms. The molecule has 0 aromatic carbocycles. The molecule has 0 aliphatic heterocycles. The molecule has 0 fully saturated rings. The van der Waals surface area contributed by atoms with Gasteiger partial charge in [0.15, 0.2) is 0 Å². The lowest BCUT2D eigenvalue weighted by Gasteiger charge is -2.07. The first kappa shape index (κ1) is 11.2. The van der Waals surface area contributed by atoms with Crippen LogP contribution in [-0.2, 0) is 0 Å². The lowest BCUT2D eigenvalue weighted by Crippen LogP contribution is -2.17. The van der Waals surface area contributed by atoms with Crippen molar-refractivity contribution in [1.82, 2.24) is 15.3 Å². The number of hydrogen-bond acceptors (Lipinski definition) is 3. The monoisotopic (exact) mass is 197 g/mol. The fourth-order valence-electron chi connectivity index (χ4n) is 1.39. The van der Waals surface area contributed by atoms with Crippen LogP contribution in [0.5, 0.6) is 0 Å². The Balaban J connectivity index is 2.86. The molecule has 4 heteroatoms. The van der Waals surface area contributed by atoms with Gasteiger partial charge in [-0.2, -0.15) is 0 Å². The minimum absolute atomic E-state index is 0.365. The molecule has 0 saturated heterocycles. The molecule has 4 nitrogen and oxygen atoms in total. The molecule has 0 amide bonds. The summed E-state index contributed by atoms with van der Waals surface area (Å²) in [6.07, 6.45) is -0.524. The Morgan fingerprint density at radius 2 is 2.14 bits per heavy atom. The van der Waals surface area contributed by atoms with Crippen LogP contribution in [0.25, 0.3) is 0 Å². The molecule has 1 atom stereocenters. The van der Waals surface area contributed by atoms with Crippen LogP contribution < -0.4 is 5.32 Å². The average molecular weight is 197 g/mol. The first-order valence-corrected chi connectivity index (χ1v) is 4.95. The van der Waals surface area contributed by atoms with Gasteiger partial charge in [0.2, 0.25) is 0 Å². The molecule has 14 heavy (non-hydrogen) atoms. The van der Waals surface area contributed by atoms with Crippen molar-refractivity contribution in [1.29, 1.82) is 0 Å². The Kier molecular flexibility index (Phi) is 3.66. The number of aromatic amines is 1. The van der Waals surface area contributed by atoms with E-state index in [-0.39, 0.29) is 0 Å². The van der Waals surface area contributed by atoms with Crippen molar-refractivity contribution in [2.24, 2.45) is 0 Å². The third kappa shape index (κ3) is 2.33. The van der Waals surface area contributed by atoms with Crippen molar-refractivity contribution in [3.05, 3.63) is 17.2 Å². The number of aliphatic hydroxyl groups is 1. The number of likely N-dealkylation sites (N-methyl/N-ethyl adjacent to an activating group) is 1. The van der Waals surface area contributed by atoms with Crippen molar-refractivity contribution < 1.29 is 5.11 Å². The van der Waals surface area contributed by atoms with Crippen molar-refractivity contribution >= 4 is 0 Å².